The van der Waals surface area contributed by atoms with Crippen molar-refractivity contribution in [2.45, 2.75) is 18.9 Å². The Hall–Kier alpha value is -2.07. The molecule has 0 radical (unpaired) electrons. The lowest BCUT2D eigenvalue weighted by Crippen LogP contribution is -2.40. The number of phenolic OH excluding ortho intramolecular Hbond substituents is 1. The molecule has 0 unspecified atom stereocenters. The maximum absolute atomic E-state index is 12.6. The smallest absolute Gasteiger partial charge is 0.257 e. The number of nitrogens with zero attached hydrogens (tertiary/aromatic N) is 1. The van der Waals surface area contributed by atoms with Crippen molar-refractivity contribution in [1.29, 1.82) is 0 Å². The van der Waals surface area contributed by atoms with Gasteiger partial charge in [-0.3, -0.25) is 4.79 Å². The molecule has 4 nitrogen and oxygen atoms in total. The molecule has 2 aromatic carbocycles. The molecule has 1 fully saturated rings. The molecule has 3 rings (SSSR count). The number of phenols is 1. The fourth-order valence-electron chi connectivity index (χ4n) is 2.86. The first kappa shape index (κ1) is 13.9. The van der Waals surface area contributed by atoms with Gasteiger partial charge in [0.05, 0.1) is 5.56 Å². The molecule has 1 heterocycles. The third-order valence-electron chi connectivity index (χ3n) is 4.19. The van der Waals surface area contributed by atoms with E-state index in [1.807, 2.05) is 30.3 Å². The Kier molecular flexibility index (Phi) is 3.80. The lowest BCUT2D eigenvalue weighted by Gasteiger charge is -2.31. The molecule has 1 amide bonds. The maximum atomic E-state index is 12.6. The molecule has 0 atom stereocenters. The number of hydrogen-bond acceptors (Lipinski definition) is 3. The van der Waals surface area contributed by atoms with Crippen LogP contribution < -0.4 is 0 Å². The molecule has 2 aromatic rings. The van der Waals surface area contributed by atoms with Crippen molar-refractivity contribution in [2.24, 2.45) is 0 Å². The van der Waals surface area contributed by atoms with Gasteiger partial charge in [-0.15, -0.1) is 0 Å². The second-order valence-corrected chi connectivity index (χ2v) is 5.44. The monoisotopic (exact) mass is 285 g/mol. The molecule has 110 valence electrons. The Labute approximate surface area is 123 Å². The Morgan fingerprint density at radius 2 is 1.90 bits per heavy atom. The fraction of sp³-hybridized carbons (Fsp3) is 0.353. The number of benzene rings is 2. The number of ether oxygens (including phenoxy) is 1. The van der Waals surface area contributed by atoms with E-state index in [2.05, 4.69) is 0 Å². The molecule has 4 heteroatoms. The zero-order valence-electron chi connectivity index (χ0n) is 12.1. The molecular formula is C17H19NO3. The van der Waals surface area contributed by atoms with Crippen LogP contribution in [0.4, 0.5) is 0 Å². The lowest BCUT2D eigenvalue weighted by molar-refractivity contribution is 0.0361. The average molecular weight is 285 g/mol. The summed E-state index contributed by atoms with van der Waals surface area (Å²) in [6.45, 7) is 1.37. The molecule has 21 heavy (non-hydrogen) atoms. The second kappa shape index (κ2) is 5.74. The largest absolute Gasteiger partial charge is 0.506 e. The van der Waals surface area contributed by atoms with E-state index >= 15 is 0 Å². The van der Waals surface area contributed by atoms with E-state index in [0.717, 1.165) is 18.2 Å². The summed E-state index contributed by atoms with van der Waals surface area (Å²) in [4.78, 5) is 14.4. The first-order valence-corrected chi connectivity index (χ1v) is 7.24. The van der Waals surface area contributed by atoms with Crippen molar-refractivity contribution < 1.29 is 14.6 Å². The normalized spacial score (nSPS) is 16.0. The van der Waals surface area contributed by atoms with Crippen LogP contribution >= 0.6 is 0 Å². The highest BCUT2D eigenvalue weighted by Crippen LogP contribution is 2.30. The molecule has 1 aliphatic heterocycles. The van der Waals surface area contributed by atoms with E-state index in [1.165, 1.54) is 0 Å². The summed E-state index contributed by atoms with van der Waals surface area (Å²) in [5, 5.41) is 12.0. The zero-order chi connectivity index (χ0) is 14.8. The van der Waals surface area contributed by atoms with Gasteiger partial charge in [-0.25, -0.2) is 0 Å². The highest BCUT2D eigenvalue weighted by Gasteiger charge is 2.25. The average Bonchev–Trinajstić information content (AvgIpc) is 2.55. The van der Waals surface area contributed by atoms with Gasteiger partial charge in [0, 0.05) is 31.7 Å². The van der Waals surface area contributed by atoms with Gasteiger partial charge in [0.1, 0.15) is 5.75 Å². The van der Waals surface area contributed by atoms with Gasteiger partial charge in [-0.2, -0.15) is 0 Å². The highest BCUT2D eigenvalue weighted by atomic mass is 16.5. The van der Waals surface area contributed by atoms with E-state index in [9.17, 15) is 9.90 Å². The maximum Gasteiger partial charge on any atom is 0.257 e. The summed E-state index contributed by atoms with van der Waals surface area (Å²) in [7, 11) is 1.80. The van der Waals surface area contributed by atoms with Gasteiger partial charge in [-0.1, -0.05) is 30.3 Å². The van der Waals surface area contributed by atoms with Gasteiger partial charge in [0.25, 0.3) is 5.91 Å². The molecule has 0 saturated carbocycles. The van der Waals surface area contributed by atoms with Crippen molar-refractivity contribution in [1.82, 2.24) is 4.90 Å². The van der Waals surface area contributed by atoms with E-state index in [0.29, 0.717) is 24.2 Å². The number of amides is 1. The minimum absolute atomic E-state index is 0.0667. The van der Waals surface area contributed by atoms with Crippen LogP contribution in [-0.4, -0.2) is 42.2 Å². The standard InChI is InChI=1S/C17H19NO3/c1-18(13-8-10-21-11-9-13)17(20)15-7-6-12-4-2-3-5-14(12)16(15)19/h2-7,13,19H,8-11H2,1H3. The molecule has 1 aliphatic rings. The minimum Gasteiger partial charge on any atom is -0.506 e. The topological polar surface area (TPSA) is 49.8 Å². The number of hydrogen-bond donors (Lipinski definition) is 1. The molecule has 1 N–H and O–H groups in total. The van der Waals surface area contributed by atoms with Crippen molar-refractivity contribution in [2.75, 3.05) is 20.3 Å². The summed E-state index contributed by atoms with van der Waals surface area (Å²) in [5.41, 5.74) is 0.364. The summed E-state index contributed by atoms with van der Waals surface area (Å²) < 4.78 is 5.33. The number of rotatable bonds is 2. The van der Waals surface area contributed by atoms with Crippen LogP contribution in [0.5, 0.6) is 5.75 Å². The summed E-state index contributed by atoms with van der Waals surface area (Å²) in [6.07, 6.45) is 1.69. The predicted octanol–water partition coefficient (Wildman–Crippen LogP) is 2.80. The van der Waals surface area contributed by atoms with Crippen LogP contribution in [-0.2, 0) is 4.74 Å². The highest BCUT2D eigenvalue weighted by molar-refractivity contribution is 6.03. The molecular weight excluding hydrogens is 266 g/mol. The molecule has 0 aromatic heterocycles. The Bertz CT molecular complexity index is 662. The minimum atomic E-state index is -0.134. The third-order valence-corrected chi connectivity index (χ3v) is 4.19. The summed E-state index contributed by atoms with van der Waals surface area (Å²) in [6, 6.07) is 11.3. The Balaban J connectivity index is 1.92. The van der Waals surface area contributed by atoms with E-state index in [1.54, 1.807) is 18.0 Å². The zero-order valence-corrected chi connectivity index (χ0v) is 12.1. The van der Waals surface area contributed by atoms with Crippen molar-refractivity contribution in [3.63, 3.8) is 0 Å². The van der Waals surface area contributed by atoms with E-state index in [4.69, 9.17) is 4.74 Å². The second-order valence-electron chi connectivity index (χ2n) is 5.44. The van der Waals surface area contributed by atoms with Crippen LogP contribution in [0.1, 0.15) is 23.2 Å². The lowest BCUT2D eigenvalue weighted by atomic mass is 10.0. The number of fused-ring (bicyclic) bond motifs is 1. The van der Waals surface area contributed by atoms with E-state index < -0.39 is 0 Å². The van der Waals surface area contributed by atoms with Crippen molar-refractivity contribution in [3.8, 4) is 5.75 Å². The summed E-state index contributed by atoms with van der Waals surface area (Å²) in [5.74, 6) is -0.0674. The first-order valence-electron chi connectivity index (χ1n) is 7.24. The summed E-state index contributed by atoms with van der Waals surface area (Å²) >= 11 is 0. The van der Waals surface area contributed by atoms with Crippen LogP contribution in [0.15, 0.2) is 36.4 Å². The first-order chi connectivity index (χ1) is 10.2. The van der Waals surface area contributed by atoms with Crippen LogP contribution in [0.2, 0.25) is 0 Å². The SMILES string of the molecule is CN(C(=O)c1ccc2ccccc2c1O)C1CCOCC1. The van der Waals surface area contributed by atoms with Gasteiger partial charge in [0.15, 0.2) is 0 Å². The van der Waals surface area contributed by atoms with Crippen LogP contribution in [0.25, 0.3) is 10.8 Å². The van der Waals surface area contributed by atoms with Gasteiger partial charge in [-0.05, 0) is 24.3 Å². The number of aromatic hydroxyl groups is 1. The van der Waals surface area contributed by atoms with Crippen LogP contribution in [0.3, 0.4) is 0 Å². The quantitative estimate of drug-likeness (QED) is 0.923. The van der Waals surface area contributed by atoms with Gasteiger partial charge in [0.2, 0.25) is 0 Å². The predicted molar refractivity (Wildman–Crippen MR) is 81.5 cm³/mol. The molecule has 0 bridgehead atoms. The van der Waals surface area contributed by atoms with Crippen molar-refractivity contribution >= 4 is 16.7 Å². The number of carbonyl (C=O) groups is 1. The third kappa shape index (κ3) is 2.59. The van der Waals surface area contributed by atoms with Gasteiger partial charge < -0.3 is 14.7 Å². The Morgan fingerprint density at radius 3 is 2.67 bits per heavy atom. The van der Waals surface area contributed by atoms with Gasteiger partial charge >= 0.3 is 0 Å². The fourth-order valence-corrected chi connectivity index (χ4v) is 2.86. The molecule has 0 spiro atoms. The molecule has 0 aliphatic carbocycles. The van der Waals surface area contributed by atoms with Crippen molar-refractivity contribution in [3.05, 3.63) is 42.0 Å². The van der Waals surface area contributed by atoms with Crippen LogP contribution in [0, 0.1) is 0 Å². The Morgan fingerprint density at radius 1 is 1.19 bits per heavy atom. The number of carbonyl (C=O) groups excluding carboxylic acids is 1. The molecule has 1 saturated heterocycles. The van der Waals surface area contributed by atoms with E-state index in [-0.39, 0.29) is 17.7 Å².